The van der Waals surface area contributed by atoms with Crippen molar-refractivity contribution in [2.24, 2.45) is 0 Å². The Balaban J connectivity index is 1.95. The molecule has 0 saturated heterocycles. The molecule has 0 unspecified atom stereocenters. The van der Waals surface area contributed by atoms with Gasteiger partial charge in [-0.1, -0.05) is 78.9 Å². The summed E-state index contributed by atoms with van der Waals surface area (Å²) in [7, 11) is 0. The third-order valence-corrected chi connectivity index (χ3v) is 4.42. The summed E-state index contributed by atoms with van der Waals surface area (Å²) in [6, 6.07) is 27.3. The van der Waals surface area contributed by atoms with Gasteiger partial charge in [-0.15, -0.1) is 0 Å². The molecule has 0 N–H and O–H groups in total. The third kappa shape index (κ3) is 4.78. The van der Waals surface area contributed by atoms with E-state index in [2.05, 4.69) is 0 Å². The van der Waals surface area contributed by atoms with Gasteiger partial charge in [0.15, 0.2) is 6.04 Å². The minimum absolute atomic E-state index is 0.321. The zero-order valence-electron chi connectivity index (χ0n) is 16.2. The van der Waals surface area contributed by atoms with Gasteiger partial charge in [-0.3, -0.25) is 4.84 Å². The Morgan fingerprint density at radius 3 is 2.18 bits per heavy atom. The summed E-state index contributed by atoms with van der Waals surface area (Å²) in [5.41, 5.74) is 3.90. The van der Waals surface area contributed by atoms with Crippen LogP contribution in [0.5, 0.6) is 0 Å². The molecule has 28 heavy (non-hydrogen) atoms. The van der Waals surface area contributed by atoms with Crippen LogP contribution in [0.25, 0.3) is 11.1 Å². The molecule has 0 radical (unpaired) electrons. The first-order valence-electron chi connectivity index (χ1n) is 9.48. The van der Waals surface area contributed by atoms with Crippen LogP contribution in [0.4, 0.5) is 5.69 Å². The molecule has 4 heteroatoms. The van der Waals surface area contributed by atoms with Crippen molar-refractivity contribution in [2.75, 3.05) is 11.7 Å². The zero-order chi connectivity index (χ0) is 19.8. The molecule has 0 aromatic heterocycles. The Bertz CT molecular complexity index is 881. The standard InChI is InChI=1S/C24H25NO3/c1-3-27-24(26)19(2)25(28-18-20-12-6-4-7-13-20)23-17-11-10-16-22(23)21-14-8-5-9-15-21/h4-17,19H,3,18H2,1-2H3/t19-/m0/s1. The van der Waals surface area contributed by atoms with Gasteiger partial charge in [-0.05, 0) is 31.0 Å². The van der Waals surface area contributed by atoms with Crippen molar-refractivity contribution >= 4 is 11.7 Å². The van der Waals surface area contributed by atoms with Gasteiger partial charge in [-0.25, -0.2) is 9.86 Å². The predicted octanol–water partition coefficient (Wildman–Crippen LogP) is 5.24. The normalized spacial score (nSPS) is 11.6. The highest BCUT2D eigenvalue weighted by molar-refractivity contribution is 5.84. The van der Waals surface area contributed by atoms with Gasteiger partial charge < -0.3 is 4.74 Å². The lowest BCUT2D eigenvalue weighted by atomic mass is 10.0. The van der Waals surface area contributed by atoms with Crippen molar-refractivity contribution in [3.63, 3.8) is 0 Å². The molecular weight excluding hydrogens is 350 g/mol. The van der Waals surface area contributed by atoms with Crippen molar-refractivity contribution in [3.8, 4) is 11.1 Å². The van der Waals surface area contributed by atoms with Crippen LogP contribution in [0.15, 0.2) is 84.9 Å². The van der Waals surface area contributed by atoms with E-state index >= 15 is 0 Å². The van der Waals surface area contributed by atoms with Crippen molar-refractivity contribution in [1.29, 1.82) is 0 Å². The maximum Gasteiger partial charge on any atom is 0.331 e. The Hall–Kier alpha value is -3.11. The summed E-state index contributed by atoms with van der Waals surface area (Å²) in [5, 5.41) is 1.66. The van der Waals surface area contributed by atoms with Crippen LogP contribution in [0.3, 0.4) is 0 Å². The lowest BCUT2D eigenvalue weighted by Crippen LogP contribution is -2.40. The average Bonchev–Trinajstić information content (AvgIpc) is 2.75. The van der Waals surface area contributed by atoms with Crippen molar-refractivity contribution in [3.05, 3.63) is 90.5 Å². The van der Waals surface area contributed by atoms with Crippen LogP contribution in [0.2, 0.25) is 0 Å². The Morgan fingerprint density at radius 1 is 0.893 bits per heavy atom. The van der Waals surface area contributed by atoms with E-state index in [4.69, 9.17) is 9.57 Å². The van der Waals surface area contributed by atoms with Crippen molar-refractivity contribution in [2.45, 2.75) is 26.5 Å². The van der Waals surface area contributed by atoms with Crippen LogP contribution in [0, 0.1) is 0 Å². The molecule has 3 aromatic rings. The number of para-hydroxylation sites is 1. The number of hydroxylamine groups is 1. The molecule has 144 valence electrons. The second-order valence-corrected chi connectivity index (χ2v) is 6.40. The molecule has 1 atom stereocenters. The van der Waals surface area contributed by atoms with Gasteiger partial charge in [0.25, 0.3) is 0 Å². The summed E-state index contributed by atoms with van der Waals surface area (Å²) < 4.78 is 5.24. The average molecular weight is 375 g/mol. The molecule has 0 saturated carbocycles. The maximum absolute atomic E-state index is 12.5. The number of ether oxygens (including phenoxy) is 1. The van der Waals surface area contributed by atoms with Gasteiger partial charge in [0.1, 0.15) is 0 Å². The highest BCUT2D eigenvalue weighted by atomic mass is 16.7. The van der Waals surface area contributed by atoms with E-state index < -0.39 is 6.04 Å². The number of carbonyl (C=O) groups is 1. The molecule has 0 aliphatic rings. The number of rotatable bonds is 8. The van der Waals surface area contributed by atoms with Gasteiger partial charge in [0, 0.05) is 5.56 Å². The van der Waals surface area contributed by atoms with Crippen LogP contribution in [-0.4, -0.2) is 18.6 Å². The fraction of sp³-hybridized carbons (Fsp3) is 0.208. The second-order valence-electron chi connectivity index (χ2n) is 6.40. The van der Waals surface area contributed by atoms with Gasteiger partial charge in [-0.2, -0.15) is 0 Å². The minimum atomic E-state index is -0.589. The fourth-order valence-corrected chi connectivity index (χ4v) is 2.99. The van der Waals surface area contributed by atoms with E-state index in [1.165, 1.54) is 0 Å². The lowest BCUT2D eigenvalue weighted by molar-refractivity contribution is -0.146. The molecule has 0 amide bonds. The van der Waals surface area contributed by atoms with Gasteiger partial charge in [0.05, 0.1) is 18.9 Å². The first-order valence-corrected chi connectivity index (χ1v) is 9.48. The fourth-order valence-electron chi connectivity index (χ4n) is 2.99. The number of hydrogen-bond acceptors (Lipinski definition) is 4. The molecule has 0 heterocycles. The van der Waals surface area contributed by atoms with Crippen LogP contribution >= 0.6 is 0 Å². The number of hydrogen-bond donors (Lipinski definition) is 0. The number of esters is 1. The Morgan fingerprint density at radius 2 is 1.50 bits per heavy atom. The van der Waals surface area contributed by atoms with E-state index in [1.807, 2.05) is 84.9 Å². The van der Waals surface area contributed by atoms with Crippen LogP contribution < -0.4 is 5.06 Å². The summed E-state index contributed by atoms with van der Waals surface area (Å²) in [6.07, 6.45) is 0. The number of nitrogens with zero attached hydrogens (tertiary/aromatic N) is 1. The molecule has 0 aliphatic carbocycles. The first-order chi connectivity index (χ1) is 13.7. The Kier molecular flexibility index (Phi) is 6.82. The number of carbonyl (C=O) groups excluding carboxylic acids is 1. The summed E-state index contributed by atoms with van der Waals surface area (Å²) in [4.78, 5) is 18.6. The largest absolute Gasteiger partial charge is 0.464 e. The quantitative estimate of drug-likeness (QED) is 0.398. The topological polar surface area (TPSA) is 38.8 Å². The molecule has 3 aromatic carbocycles. The van der Waals surface area contributed by atoms with Crippen LogP contribution in [-0.2, 0) is 21.0 Å². The summed E-state index contributed by atoms with van der Waals surface area (Å²) in [5.74, 6) is -0.321. The summed E-state index contributed by atoms with van der Waals surface area (Å²) in [6.45, 7) is 4.28. The van der Waals surface area contributed by atoms with Crippen LogP contribution in [0.1, 0.15) is 19.4 Å². The lowest BCUT2D eigenvalue weighted by Gasteiger charge is -2.30. The van der Waals surface area contributed by atoms with E-state index in [0.29, 0.717) is 13.2 Å². The zero-order valence-corrected chi connectivity index (χ0v) is 16.2. The smallest absolute Gasteiger partial charge is 0.331 e. The summed E-state index contributed by atoms with van der Waals surface area (Å²) >= 11 is 0. The molecule has 0 aliphatic heterocycles. The maximum atomic E-state index is 12.5. The minimum Gasteiger partial charge on any atom is -0.464 e. The van der Waals surface area contributed by atoms with Crippen molar-refractivity contribution < 1.29 is 14.4 Å². The SMILES string of the molecule is CCOC(=O)[C@H](C)N(OCc1ccccc1)c1ccccc1-c1ccccc1. The molecule has 0 fully saturated rings. The van der Waals surface area contributed by atoms with E-state index in [1.54, 1.807) is 18.9 Å². The number of anilines is 1. The van der Waals surface area contributed by atoms with Gasteiger partial charge >= 0.3 is 5.97 Å². The molecule has 3 rings (SSSR count). The Labute approximate surface area is 166 Å². The molecule has 4 nitrogen and oxygen atoms in total. The van der Waals surface area contributed by atoms with E-state index in [-0.39, 0.29) is 5.97 Å². The molecular formula is C24H25NO3. The molecule has 0 bridgehead atoms. The first kappa shape index (κ1) is 19.6. The second kappa shape index (κ2) is 9.72. The predicted molar refractivity (Wildman–Crippen MR) is 112 cm³/mol. The highest BCUT2D eigenvalue weighted by Gasteiger charge is 2.26. The monoisotopic (exact) mass is 375 g/mol. The third-order valence-electron chi connectivity index (χ3n) is 4.42. The van der Waals surface area contributed by atoms with Gasteiger partial charge in [0.2, 0.25) is 0 Å². The molecule has 0 spiro atoms. The number of benzene rings is 3. The van der Waals surface area contributed by atoms with E-state index in [0.717, 1.165) is 22.4 Å². The van der Waals surface area contributed by atoms with E-state index in [9.17, 15) is 4.79 Å². The highest BCUT2D eigenvalue weighted by Crippen LogP contribution is 2.32. The van der Waals surface area contributed by atoms with Crippen molar-refractivity contribution in [1.82, 2.24) is 0 Å².